The van der Waals surface area contributed by atoms with Gasteiger partial charge in [0.1, 0.15) is 0 Å². The Kier molecular flexibility index (Phi) is 3.94. The van der Waals surface area contributed by atoms with Crippen molar-refractivity contribution in [3.63, 3.8) is 0 Å². The first-order chi connectivity index (χ1) is 11.7. The molecule has 5 heteroatoms. The van der Waals surface area contributed by atoms with Crippen LogP contribution in [0.3, 0.4) is 0 Å². The summed E-state index contributed by atoms with van der Waals surface area (Å²) in [6.45, 7) is 1.40. The lowest BCUT2D eigenvalue weighted by Gasteiger charge is -2.34. The van der Waals surface area contributed by atoms with Crippen LogP contribution >= 0.6 is 11.3 Å². The van der Waals surface area contributed by atoms with E-state index in [1.165, 1.54) is 11.1 Å². The molecule has 0 aliphatic carbocycles. The lowest BCUT2D eigenvalue weighted by atomic mass is 9.86. The molecule has 24 heavy (non-hydrogen) atoms. The number of thiophene rings is 1. The number of rotatable bonds is 3. The van der Waals surface area contributed by atoms with E-state index in [0.29, 0.717) is 19.5 Å². The van der Waals surface area contributed by atoms with Gasteiger partial charge in [0.05, 0.1) is 12.6 Å². The number of hydrogen-bond acceptors (Lipinski definition) is 3. The van der Waals surface area contributed by atoms with Gasteiger partial charge in [0.25, 0.3) is 0 Å². The molecule has 1 amide bonds. The van der Waals surface area contributed by atoms with Crippen LogP contribution in [0.5, 0.6) is 0 Å². The van der Waals surface area contributed by atoms with Crippen LogP contribution in [0.1, 0.15) is 28.2 Å². The van der Waals surface area contributed by atoms with Crippen LogP contribution in [0.2, 0.25) is 0 Å². The fourth-order valence-electron chi connectivity index (χ4n) is 3.38. The molecular weight excluding hydrogens is 318 g/mol. The van der Waals surface area contributed by atoms with Crippen LogP contribution in [0.15, 0.2) is 53.5 Å². The molecule has 0 fully saturated rings. The highest BCUT2D eigenvalue weighted by molar-refractivity contribution is 7.08. The Balaban J connectivity index is 1.63. The van der Waals surface area contributed by atoms with E-state index in [-0.39, 0.29) is 11.8 Å². The molecule has 0 radical (unpaired) electrons. The maximum atomic E-state index is 12.8. The van der Waals surface area contributed by atoms with Crippen LogP contribution in [0.4, 0.5) is 0 Å². The molecule has 0 unspecified atom stereocenters. The zero-order valence-electron chi connectivity index (χ0n) is 13.6. The van der Waals surface area contributed by atoms with Gasteiger partial charge < -0.3 is 4.90 Å². The Labute approximate surface area is 145 Å². The molecule has 0 saturated heterocycles. The normalized spacial score (nSPS) is 16.9. The quantitative estimate of drug-likeness (QED) is 0.736. The van der Waals surface area contributed by atoms with Crippen molar-refractivity contribution in [3.05, 3.63) is 75.7 Å². The molecule has 0 saturated carbocycles. The van der Waals surface area contributed by atoms with Crippen LogP contribution in [0, 0.1) is 0 Å². The minimum absolute atomic E-state index is 0.190. The number of aryl methyl sites for hydroxylation is 1. The van der Waals surface area contributed by atoms with Crippen molar-refractivity contribution in [1.29, 1.82) is 0 Å². The van der Waals surface area contributed by atoms with Gasteiger partial charge in [-0.05, 0) is 39.1 Å². The van der Waals surface area contributed by atoms with Gasteiger partial charge in [-0.25, -0.2) is 0 Å². The molecule has 0 N–H and O–H groups in total. The van der Waals surface area contributed by atoms with E-state index < -0.39 is 0 Å². The van der Waals surface area contributed by atoms with Crippen LogP contribution in [-0.2, 0) is 24.8 Å². The smallest absolute Gasteiger partial charge is 0.227 e. The summed E-state index contributed by atoms with van der Waals surface area (Å²) in [5, 5.41) is 8.38. The number of fused-ring (bicyclic) bond motifs is 1. The van der Waals surface area contributed by atoms with E-state index in [2.05, 4.69) is 23.3 Å². The van der Waals surface area contributed by atoms with Gasteiger partial charge >= 0.3 is 0 Å². The Morgan fingerprint density at radius 1 is 1.33 bits per heavy atom. The molecule has 3 heterocycles. The maximum Gasteiger partial charge on any atom is 0.227 e. The van der Waals surface area contributed by atoms with Gasteiger partial charge in [-0.15, -0.1) is 0 Å². The van der Waals surface area contributed by atoms with Crippen molar-refractivity contribution in [2.75, 3.05) is 6.54 Å². The third-order valence-corrected chi connectivity index (χ3v) is 5.34. The molecule has 1 aromatic carbocycles. The highest BCUT2D eigenvalue weighted by Gasteiger charge is 2.29. The van der Waals surface area contributed by atoms with Gasteiger partial charge in [0.15, 0.2) is 0 Å². The Morgan fingerprint density at radius 3 is 2.96 bits per heavy atom. The Hall–Kier alpha value is -2.40. The fraction of sp³-hybridized carbons (Fsp3) is 0.263. The molecule has 0 spiro atoms. The monoisotopic (exact) mass is 337 g/mol. The molecule has 4 rings (SSSR count). The summed E-state index contributed by atoms with van der Waals surface area (Å²) >= 11 is 1.64. The Bertz CT molecular complexity index is 853. The number of aromatic nitrogens is 2. The summed E-state index contributed by atoms with van der Waals surface area (Å²) < 4.78 is 1.82. The molecule has 3 aromatic rings. The second kappa shape index (κ2) is 6.24. The molecule has 1 aliphatic heterocycles. The third kappa shape index (κ3) is 2.87. The summed E-state index contributed by atoms with van der Waals surface area (Å²) in [5.74, 6) is 0.381. The zero-order valence-corrected chi connectivity index (χ0v) is 14.4. The molecule has 0 bridgehead atoms. The highest BCUT2D eigenvalue weighted by Crippen LogP contribution is 2.33. The maximum absolute atomic E-state index is 12.8. The number of nitrogens with zero attached hydrogens (tertiary/aromatic N) is 3. The topological polar surface area (TPSA) is 38.1 Å². The number of benzene rings is 1. The second-order valence-corrected chi connectivity index (χ2v) is 7.06. The highest BCUT2D eigenvalue weighted by atomic mass is 32.1. The zero-order chi connectivity index (χ0) is 16.5. The van der Waals surface area contributed by atoms with E-state index in [1.54, 1.807) is 11.3 Å². The van der Waals surface area contributed by atoms with Crippen molar-refractivity contribution >= 4 is 17.2 Å². The predicted molar refractivity (Wildman–Crippen MR) is 94.9 cm³/mol. The van der Waals surface area contributed by atoms with Gasteiger partial charge in [0.2, 0.25) is 5.91 Å². The van der Waals surface area contributed by atoms with E-state index >= 15 is 0 Å². The molecule has 122 valence electrons. The van der Waals surface area contributed by atoms with Gasteiger partial charge in [-0.2, -0.15) is 16.4 Å². The number of carbonyl (C=O) groups excluding carboxylic acids is 1. The summed E-state index contributed by atoms with van der Waals surface area (Å²) in [6.07, 6.45) is 4.44. The van der Waals surface area contributed by atoms with Crippen molar-refractivity contribution in [3.8, 4) is 0 Å². The Morgan fingerprint density at radius 2 is 2.21 bits per heavy atom. The van der Waals surface area contributed by atoms with Crippen molar-refractivity contribution < 1.29 is 4.79 Å². The minimum atomic E-state index is 0.190. The van der Waals surface area contributed by atoms with Gasteiger partial charge in [0, 0.05) is 32.3 Å². The third-order valence-electron chi connectivity index (χ3n) is 4.61. The molecule has 1 atom stereocenters. The van der Waals surface area contributed by atoms with E-state index in [0.717, 1.165) is 11.1 Å². The standard InChI is InChI=1S/C19H19N3OS/c1-21-10-16(9-20-21)18-12-22(11-15-4-2-3-5-17(15)18)19(23)8-14-6-7-24-13-14/h2-7,9-10,13,18H,8,11-12H2,1H3/t18-/m0/s1. The molecule has 1 aliphatic rings. The lowest BCUT2D eigenvalue weighted by Crippen LogP contribution is -2.39. The average molecular weight is 337 g/mol. The minimum Gasteiger partial charge on any atom is -0.337 e. The summed E-state index contributed by atoms with van der Waals surface area (Å²) in [5.41, 5.74) is 4.81. The first-order valence-electron chi connectivity index (χ1n) is 8.06. The van der Waals surface area contributed by atoms with Crippen molar-refractivity contribution in [1.82, 2.24) is 14.7 Å². The molecular formula is C19H19N3OS. The van der Waals surface area contributed by atoms with Crippen LogP contribution < -0.4 is 0 Å². The second-order valence-electron chi connectivity index (χ2n) is 6.28. The van der Waals surface area contributed by atoms with E-state index in [9.17, 15) is 4.79 Å². The van der Waals surface area contributed by atoms with Gasteiger partial charge in [-0.1, -0.05) is 24.3 Å². The van der Waals surface area contributed by atoms with Crippen molar-refractivity contribution in [2.24, 2.45) is 7.05 Å². The fourth-order valence-corrected chi connectivity index (χ4v) is 4.05. The largest absolute Gasteiger partial charge is 0.337 e. The average Bonchev–Trinajstić information content (AvgIpc) is 3.25. The van der Waals surface area contributed by atoms with Crippen LogP contribution in [0.25, 0.3) is 0 Å². The molecule has 2 aromatic heterocycles. The van der Waals surface area contributed by atoms with E-state index in [4.69, 9.17) is 0 Å². The van der Waals surface area contributed by atoms with Crippen molar-refractivity contribution in [2.45, 2.75) is 18.9 Å². The summed E-state index contributed by atoms with van der Waals surface area (Å²) in [6, 6.07) is 10.5. The number of hydrogen-bond donors (Lipinski definition) is 0. The van der Waals surface area contributed by atoms with E-state index in [1.807, 2.05) is 51.9 Å². The SMILES string of the molecule is Cn1cc([C@@H]2CN(C(=O)Cc3ccsc3)Cc3ccccc32)cn1. The summed E-state index contributed by atoms with van der Waals surface area (Å²) in [7, 11) is 1.93. The molecule has 4 nitrogen and oxygen atoms in total. The number of amides is 1. The summed E-state index contributed by atoms with van der Waals surface area (Å²) in [4.78, 5) is 14.8. The first kappa shape index (κ1) is 15.1. The number of carbonyl (C=O) groups is 1. The van der Waals surface area contributed by atoms with Crippen LogP contribution in [-0.4, -0.2) is 27.1 Å². The lowest BCUT2D eigenvalue weighted by molar-refractivity contribution is -0.131. The first-order valence-corrected chi connectivity index (χ1v) is 9.00. The predicted octanol–water partition coefficient (Wildman–Crippen LogP) is 3.20. The van der Waals surface area contributed by atoms with Gasteiger partial charge in [-0.3, -0.25) is 9.48 Å².